The minimum absolute atomic E-state index is 0.243. The summed E-state index contributed by atoms with van der Waals surface area (Å²) in [5, 5.41) is 6.34. The molecule has 1 aromatic heterocycles. The summed E-state index contributed by atoms with van der Waals surface area (Å²) < 4.78 is 27.4. The maximum absolute atomic E-state index is 13.7. The fourth-order valence-electron chi connectivity index (χ4n) is 2.44. The Morgan fingerprint density at radius 3 is 2.59 bits per heavy atom. The van der Waals surface area contributed by atoms with Crippen molar-refractivity contribution in [2.75, 3.05) is 11.9 Å². The summed E-state index contributed by atoms with van der Waals surface area (Å²) in [6.07, 6.45) is 2.50. The van der Waals surface area contributed by atoms with Crippen molar-refractivity contribution in [2.45, 2.75) is 6.42 Å². The van der Waals surface area contributed by atoms with Crippen LogP contribution in [0.4, 0.5) is 20.2 Å². The van der Waals surface area contributed by atoms with E-state index in [0.717, 1.165) is 28.6 Å². The summed E-state index contributed by atoms with van der Waals surface area (Å²) in [7, 11) is 0. The van der Waals surface area contributed by atoms with Crippen molar-refractivity contribution in [2.24, 2.45) is 5.18 Å². The zero-order valence-corrected chi connectivity index (χ0v) is 11.6. The summed E-state index contributed by atoms with van der Waals surface area (Å²) >= 11 is 0. The maximum Gasteiger partial charge on any atom is 0.151 e. The van der Waals surface area contributed by atoms with E-state index in [4.69, 9.17) is 0 Å². The van der Waals surface area contributed by atoms with E-state index in [1.165, 1.54) is 0 Å². The average molecular weight is 301 g/mol. The standard InChI is InChI=1S/C16H13F2N3O/c17-13-7-11(21-22)8-14(18)16(13)19-6-5-10-9-20-15-4-2-1-3-12(10)15/h1-4,7-9,19-20H,5-6H2. The van der Waals surface area contributed by atoms with Crippen molar-refractivity contribution in [1.29, 1.82) is 0 Å². The molecule has 6 heteroatoms. The molecule has 0 radical (unpaired) electrons. The molecule has 0 atom stereocenters. The molecule has 0 amide bonds. The third-order valence-electron chi connectivity index (χ3n) is 3.50. The van der Waals surface area contributed by atoms with Crippen LogP contribution in [0, 0.1) is 16.5 Å². The van der Waals surface area contributed by atoms with Crippen LogP contribution in [0.5, 0.6) is 0 Å². The van der Waals surface area contributed by atoms with Gasteiger partial charge in [-0.1, -0.05) is 18.2 Å². The molecule has 0 spiro atoms. The number of rotatable bonds is 5. The Balaban J connectivity index is 1.72. The molecule has 0 saturated carbocycles. The lowest BCUT2D eigenvalue weighted by atomic mass is 10.1. The van der Waals surface area contributed by atoms with E-state index < -0.39 is 11.6 Å². The molecule has 0 fully saturated rings. The van der Waals surface area contributed by atoms with E-state index in [0.29, 0.717) is 13.0 Å². The molecule has 0 unspecified atom stereocenters. The molecule has 0 aliphatic carbocycles. The van der Waals surface area contributed by atoms with Crippen LogP contribution >= 0.6 is 0 Å². The Labute approximate surface area is 125 Å². The summed E-state index contributed by atoms with van der Waals surface area (Å²) in [4.78, 5) is 13.5. The Morgan fingerprint density at radius 1 is 1.14 bits per heavy atom. The third-order valence-corrected chi connectivity index (χ3v) is 3.50. The number of aromatic amines is 1. The van der Waals surface area contributed by atoms with Crippen LogP contribution in [0.1, 0.15) is 5.56 Å². The number of halogens is 2. The fraction of sp³-hybridized carbons (Fsp3) is 0.125. The van der Waals surface area contributed by atoms with E-state index >= 15 is 0 Å². The normalized spacial score (nSPS) is 10.8. The molecule has 22 heavy (non-hydrogen) atoms. The average Bonchev–Trinajstić information content (AvgIpc) is 2.93. The number of nitrogens with zero attached hydrogens (tertiary/aromatic N) is 1. The van der Waals surface area contributed by atoms with E-state index in [-0.39, 0.29) is 11.4 Å². The second-order valence-electron chi connectivity index (χ2n) is 4.91. The number of nitrogens with one attached hydrogen (secondary N) is 2. The number of fused-ring (bicyclic) bond motifs is 1. The lowest BCUT2D eigenvalue weighted by molar-refractivity contribution is 0.588. The number of anilines is 1. The first kappa shape index (κ1) is 14.2. The van der Waals surface area contributed by atoms with Gasteiger partial charge in [-0.2, -0.15) is 0 Å². The van der Waals surface area contributed by atoms with Crippen molar-refractivity contribution >= 4 is 22.3 Å². The topological polar surface area (TPSA) is 57.2 Å². The van der Waals surface area contributed by atoms with Crippen LogP contribution in [0.15, 0.2) is 47.8 Å². The van der Waals surface area contributed by atoms with Crippen LogP contribution in [-0.2, 0) is 6.42 Å². The summed E-state index contributed by atoms with van der Waals surface area (Å²) in [5.41, 5.74) is 1.58. The molecule has 112 valence electrons. The van der Waals surface area contributed by atoms with E-state index in [1.54, 1.807) is 0 Å². The fourth-order valence-corrected chi connectivity index (χ4v) is 2.44. The van der Waals surface area contributed by atoms with Crippen LogP contribution < -0.4 is 5.32 Å². The van der Waals surface area contributed by atoms with Gasteiger partial charge in [0.25, 0.3) is 0 Å². The molecular weight excluding hydrogens is 288 g/mol. The van der Waals surface area contributed by atoms with Gasteiger partial charge in [-0.15, -0.1) is 4.91 Å². The quantitative estimate of drug-likeness (QED) is 0.682. The largest absolute Gasteiger partial charge is 0.380 e. The highest BCUT2D eigenvalue weighted by molar-refractivity contribution is 5.83. The van der Waals surface area contributed by atoms with Gasteiger partial charge in [0.1, 0.15) is 11.4 Å². The van der Waals surface area contributed by atoms with Crippen molar-refractivity contribution in [1.82, 2.24) is 4.98 Å². The molecule has 3 aromatic rings. The predicted molar refractivity (Wildman–Crippen MR) is 82.3 cm³/mol. The Morgan fingerprint density at radius 2 is 1.86 bits per heavy atom. The predicted octanol–water partition coefficient (Wildman–Crippen LogP) is 4.50. The first-order chi connectivity index (χ1) is 10.7. The van der Waals surface area contributed by atoms with Gasteiger partial charge in [0, 0.05) is 35.8 Å². The highest BCUT2D eigenvalue weighted by Crippen LogP contribution is 2.25. The molecule has 3 rings (SSSR count). The maximum atomic E-state index is 13.7. The first-order valence-corrected chi connectivity index (χ1v) is 6.80. The molecule has 2 N–H and O–H groups in total. The van der Waals surface area contributed by atoms with Gasteiger partial charge in [-0.3, -0.25) is 0 Å². The molecule has 1 heterocycles. The van der Waals surface area contributed by atoms with Gasteiger partial charge in [-0.25, -0.2) is 8.78 Å². The Kier molecular flexibility index (Phi) is 3.82. The Hall–Kier alpha value is -2.76. The van der Waals surface area contributed by atoms with Gasteiger partial charge in [0.15, 0.2) is 11.6 Å². The lowest BCUT2D eigenvalue weighted by Gasteiger charge is -2.08. The Bertz CT molecular complexity index is 806. The number of hydrogen-bond donors (Lipinski definition) is 2. The molecule has 0 bridgehead atoms. The minimum atomic E-state index is -0.825. The zero-order valence-electron chi connectivity index (χ0n) is 11.6. The van der Waals surface area contributed by atoms with Gasteiger partial charge in [0.05, 0.1) is 0 Å². The van der Waals surface area contributed by atoms with Gasteiger partial charge in [-0.05, 0) is 23.2 Å². The molecule has 0 aliphatic rings. The smallest absolute Gasteiger partial charge is 0.151 e. The second-order valence-corrected chi connectivity index (χ2v) is 4.91. The number of hydrogen-bond acceptors (Lipinski definition) is 3. The molecule has 0 saturated heterocycles. The SMILES string of the molecule is O=Nc1cc(F)c(NCCc2c[nH]c3ccccc23)c(F)c1. The van der Waals surface area contributed by atoms with Crippen molar-refractivity contribution in [3.05, 3.63) is 64.7 Å². The molecule has 0 aliphatic heterocycles. The highest BCUT2D eigenvalue weighted by atomic mass is 19.1. The van der Waals surface area contributed by atoms with Crippen LogP contribution in [-0.4, -0.2) is 11.5 Å². The van der Waals surface area contributed by atoms with Gasteiger partial charge < -0.3 is 10.3 Å². The second kappa shape index (κ2) is 5.93. The van der Waals surface area contributed by atoms with E-state index in [2.05, 4.69) is 15.5 Å². The number of benzene rings is 2. The number of aromatic nitrogens is 1. The van der Waals surface area contributed by atoms with Crippen LogP contribution in [0.3, 0.4) is 0 Å². The zero-order chi connectivity index (χ0) is 15.5. The summed E-state index contributed by atoms with van der Waals surface area (Å²) in [6.45, 7) is 0.365. The molecular formula is C16H13F2N3O. The van der Waals surface area contributed by atoms with Crippen LogP contribution in [0.2, 0.25) is 0 Å². The summed E-state index contributed by atoms with van der Waals surface area (Å²) in [6, 6.07) is 9.66. The monoisotopic (exact) mass is 301 g/mol. The third kappa shape index (κ3) is 2.67. The number of para-hydroxylation sites is 1. The van der Waals surface area contributed by atoms with Gasteiger partial charge in [0.2, 0.25) is 0 Å². The van der Waals surface area contributed by atoms with Crippen LogP contribution in [0.25, 0.3) is 10.9 Å². The summed E-state index contributed by atoms with van der Waals surface area (Å²) in [5.74, 6) is -1.65. The number of nitroso groups, excluding NO2 is 1. The highest BCUT2D eigenvalue weighted by Gasteiger charge is 2.11. The lowest BCUT2D eigenvalue weighted by Crippen LogP contribution is -2.08. The van der Waals surface area contributed by atoms with E-state index in [1.807, 2.05) is 30.5 Å². The van der Waals surface area contributed by atoms with Crippen molar-refractivity contribution < 1.29 is 8.78 Å². The minimum Gasteiger partial charge on any atom is -0.380 e. The van der Waals surface area contributed by atoms with E-state index in [9.17, 15) is 13.7 Å². The molecule has 2 aromatic carbocycles. The number of H-pyrrole nitrogens is 1. The first-order valence-electron chi connectivity index (χ1n) is 6.80. The van der Waals surface area contributed by atoms with Crippen molar-refractivity contribution in [3.8, 4) is 0 Å². The van der Waals surface area contributed by atoms with Crippen molar-refractivity contribution in [3.63, 3.8) is 0 Å². The van der Waals surface area contributed by atoms with Gasteiger partial charge >= 0.3 is 0 Å². The molecule has 4 nitrogen and oxygen atoms in total.